The van der Waals surface area contributed by atoms with Gasteiger partial charge in [-0.3, -0.25) is 14.6 Å². The van der Waals surface area contributed by atoms with E-state index in [4.69, 9.17) is 0 Å². The van der Waals surface area contributed by atoms with Gasteiger partial charge in [0.2, 0.25) is 5.91 Å². The third kappa shape index (κ3) is 3.95. The molecule has 0 N–H and O–H groups in total. The summed E-state index contributed by atoms with van der Waals surface area (Å²) in [5, 5.41) is 1.39. The molecular formula is C27H34N4O. The lowest BCUT2D eigenvalue weighted by molar-refractivity contribution is -0.123. The van der Waals surface area contributed by atoms with Gasteiger partial charge in [-0.2, -0.15) is 0 Å². The molecule has 5 nitrogen and oxygen atoms in total. The van der Waals surface area contributed by atoms with Crippen molar-refractivity contribution in [2.24, 2.45) is 13.0 Å². The maximum atomic E-state index is 13.6. The van der Waals surface area contributed by atoms with Crippen LogP contribution in [0.15, 0.2) is 48.7 Å². The van der Waals surface area contributed by atoms with Crippen LogP contribution in [0.4, 0.5) is 5.82 Å². The van der Waals surface area contributed by atoms with E-state index in [1.807, 2.05) is 23.1 Å². The predicted molar refractivity (Wildman–Crippen MR) is 130 cm³/mol. The number of rotatable bonds is 5. The number of aryl methyl sites for hydroxylation is 1. The fourth-order valence-electron chi connectivity index (χ4n) is 5.78. The van der Waals surface area contributed by atoms with Crippen LogP contribution in [0.25, 0.3) is 10.9 Å². The highest BCUT2D eigenvalue weighted by molar-refractivity contribution is 5.94. The Kier molecular flexibility index (Phi) is 6.01. The van der Waals surface area contributed by atoms with E-state index in [9.17, 15) is 4.79 Å². The van der Waals surface area contributed by atoms with Crippen molar-refractivity contribution in [3.63, 3.8) is 0 Å². The monoisotopic (exact) mass is 430 g/mol. The second-order valence-corrected chi connectivity index (χ2v) is 9.57. The van der Waals surface area contributed by atoms with Gasteiger partial charge in [-0.25, -0.2) is 4.98 Å². The molecule has 1 saturated carbocycles. The van der Waals surface area contributed by atoms with Crippen molar-refractivity contribution in [1.82, 2.24) is 14.5 Å². The van der Waals surface area contributed by atoms with Gasteiger partial charge in [-0.1, -0.05) is 43.5 Å². The van der Waals surface area contributed by atoms with Gasteiger partial charge in [0.15, 0.2) is 0 Å². The number of anilines is 1. The van der Waals surface area contributed by atoms with E-state index in [-0.39, 0.29) is 17.9 Å². The van der Waals surface area contributed by atoms with E-state index in [1.54, 1.807) is 6.20 Å². The van der Waals surface area contributed by atoms with Crippen molar-refractivity contribution in [2.45, 2.75) is 58.0 Å². The number of para-hydroxylation sites is 1. The standard InChI is InChI=1S/C27H34N4O/c1-20(31(26-14-8-9-16-28-26)27(32)21-10-4-3-5-11-21)18-30-17-15-23-22-12-6-7-13-24(22)29(2)25(23)19-30/h6-9,12-14,16,20-21H,3-5,10-11,15,17-19H2,1-2H3. The van der Waals surface area contributed by atoms with Crippen LogP contribution in [-0.4, -0.2) is 39.5 Å². The van der Waals surface area contributed by atoms with Crippen molar-refractivity contribution in [1.29, 1.82) is 0 Å². The van der Waals surface area contributed by atoms with E-state index >= 15 is 0 Å². The lowest BCUT2D eigenvalue weighted by Gasteiger charge is -2.37. The maximum absolute atomic E-state index is 13.6. The lowest BCUT2D eigenvalue weighted by atomic mass is 9.88. The normalized spacial score (nSPS) is 18.4. The van der Waals surface area contributed by atoms with Gasteiger partial charge in [-0.05, 0) is 49.9 Å². The first-order chi connectivity index (χ1) is 15.6. The van der Waals surface area contributed by atoms with Crippen LogP contribution in [0.5, 0.6) is 0 Å². The third-order valence-electron chi connectivity index (χ3n) is 7.45. The van der Waals surface area contributed by atoms with Crippen LogP contribution in [0.3, 0.4) is 0 Å². The molecule has 1 fully saturated rings. The quantitative estimate of drug-likeness (QED) is 0.576. The van der Waals surface area contributed by atoms with Crippen LogP contribution in [0.2, 0.25) is 0 Å². The van der Waals surface area contributed by atoms with Crippen LogP contribution in [-0.2, 0) is 24.8 Å². The van der Waals surface area contributed by atoms with Gasteiger partial charge in [0.25, 0.3) is 0 Å². The van der Waals surface area contributed by atoms with E-state index in [0.717, 1.165) is 57.6 Å². The molecule has 0 saturated heterocycles. The number of nitrogens with zero attached hydrogens (tertiary/aromatic N) is 4. The topological polar surface area (TPSA) is 41.4 Å². The van der Waals surface area contributed by atoms with E-state index < -0.39 is 0 Å². The largest absolute Gasteiger partial charge is 0.346 e. The number of amides is 1. The van der Waals surface area contributed by atoms with Gasteiger partial charge in [0.05, 0.1) is 0 Å². The first kappa shape index (κ1) is 21.2. The Morgan fingerprint density at radius 1 is 1.12 bits per heavy atom. The minimum absolute atomic E-state index is 0.0792. The molecule has 2 aromatic heterocycles. The molecule has 0 radical (unpaired) electrons. The maximum Gasteiger partial charge on any atom is 0.231 e. The number of aromatic nitrogens is 2. The highest BCUT2D eigenvalue weighted by Gasteiger charge is 2.32. The Morgan fingerprint density at radius 2 is 1.91 bits per heavy atom. The molecule has 168 valence electrons. The average molecular weight is 431 g/mol. The molecule has 1 aromatic carbocycles. The zero-order valence-corrected chi connectivity index (χ0v) is 19.3. The Balaban J connectivity index is 1.37. The predicted octanol–water partition coefficient (Wildman–Crippen LogP) is 4.93. The van der Waals surface area contributed by atoms with Crippen LogP contribution in [0, 0.1) is 5.92 Å². The summed E-state index contributed by atoms with van der Waals surface area (Å²) >= 11 is 0. The van der Waals surface area contributed by atoms with Crippen molar-refractivity contribution < 1.29 is 4.79 Å². The zero-order chi connectivity index (χ0) is 22.1. The number of pyridine rings is 1. The highest BCUT2D eigenvalue weighted by atomic mass is 16.2. The van der Waals surface area contributed by atoms with Gasteiger partial charge < -0.3 is 4.57 Å². The van der Waals surface area contributed by atoms with Gasteiger partial charge in [-0.15, -0.1) is 0 Å². The Bertz CT molecular complexity index is 1080. The molecule has 5 rings (SSSR count). The number of hydrogen-bond acceptors (Lipinski definition) is 3. The number of fused-ring (bicyclic) bond motifs is 3. The van der Waals surface area contributed by atoms with Crippen LogP contribution < -0.4 is 4.90 Å². The number of hydrogen-bond donors (Lipinski definition) is 0. The van der Waals surface area contributed by atoms with Crippen molar-refractivity contribution in [3.05, 3.63) is 59.9 Å². The van der Waals surface area contributed by atoms with E-state index in [0.29, 0.717) is 0 Å². The summed E-state index contributed by atoms with van der Waals surface area (Å²) in [5.74, 6) is 1.19. The van der Waals surface area contributed by atoms with Gasteiger partial charge >= 0.3 is 0 Å². The Morgan fingerprint density at radius 3 is 2.69 bits per heavy atom. The minimum atomic E-state index is 0.0792. The molecule has 3 heterocycles. The fourth-order valence-corrected chi connectivity index (χ4v) is 5.78. The fraction of sp³-hybridized carbons (Fsp3) is 0.481. The molecule has 2 aliphatic rings. The SMILES string of the molecule is CC(CN1CCc2c(n(C)c3ccccc23)C1)N(C(=O)C1CCCCC1)c1ccccn1. The van der Waals surface area contributed by atoms with Crippen molar-refractivity contribution >= 4 is 22.6 Å². The number of benzene rings is 1. The molecule has 5 heteroatoms. The third-order valence-corrected chi connectivity index (χ3v) is 7.45. The number of carbonyl (C=O) groups is 1. The van der Waals surface area contributed by atoms with Crippen LogP contribution >= 0.6 is 0 Å². The summed E-state index contributed by atoms with van der Waals surface area (Å²) < 4.78 is 2.35. The van der Waals surface area contributed by atoms with Crippen molar-refractivity contribution in [3.8, 4) is 0 Å². The summed E-state index contributed by atoms with van der Waals surface area (Å²) in [6, 6.07) is 14.7. The van der Waals surface area contributed by atoms with Gasteiger partial charge in [0, 0.05) is 61.4 Å². The van der Waals surface area contributed by atoms with E-state index in [2.05, 4.69) is 52.7 Å². The molecular weight excluding hydrogens is 396 g/mol. The highest BCUT2D eigenvalue weighted by Crippen LogP contribution is 2.31. The summed E-state index contributed by atoms with van der Waals surface area (Å²) in [7, 11) is 2.18. The Labute approximate surface area is 191 Å². The Hall–Kier alpha value is -2.66. The molecule has 1 amide bonds. The first-order valence-corrected chi connectivity index (χ1v) is 12.1. The smallest absolute Gasteiger partial charge is 0.231 e. The van der Waals surface area contributed by atoms with Crippen LogP contribution in [0.1, 0.15) is 50.3 Å². The first-order valence-electron chi connectivity index (χ1n) is 12.1. The summed E-state index contributed by atoms with van der Waals surface area (Å²) in [6.45, 7) is 5.00. The summed E-state index contributed by atoms with van der Waals surface area (Å²) in [4.78, 5) is 22.7. The van der Waals surface area contributed by atoms with Crippen molar-refractivity contribution in [2.75, 3.05) is 18.0 Å². The molecule has 1 unspecified atom stereocenters. The van der Waals surface area contributed by atoms with E-state index in [1.165, 1.54) is 28.6 Å². The molecule has 0 spiro atoms. The number of carbonyl (C=O) groups excluding carboxylic acids is 1. The van der Waals surface area contributed by atoms with Gasteiger partial charge in [0.1, 0.15) is 5.82 Å². The molecule has 1 aliphatic carbocycles. The molecule has 32 heavy (non-hydrogen) atoms. The molecule has 1 atom stereocenters. The summed E-state index contributed by atoms with van der Waals surface area (Å²) in [6.07, 6.45) is 8.46. The second-order valence-electron chi connectivity index (χ2n) is 9.57. The zero-order valence-electron chi connectivity index (χ0n) is 19.3. The average Bonchev–Trinajstić information content (AvgIpc) is 3.12. The molecule has 1 aliphatic heterocycles. The lowest BCUT2D eigenvalue weighted by Crippen LogP contribution is -2.49. The minimum Gasteiger partial charge on any atom is -0.346 e. The molecule has 0 bridgehead atoms. The summed E-state index contributed by atoms with van der Waals surface area (Å²) in [5.41, 5.74) is 4.22. The second kappa shape index (κ2) is 9.07. The molecule has 3 aromatic rings.